The Hall–Kier alpha value is -2.15. The van der Waals surface area contributed by atoms with Gasteiger partial charge in [0.05, 0.1) is 0 Å². The van der Waals surface area contributed by atoms with Gasteiger partial charge in [-0.1, -0.05) is 6.07 Å². The number of H-pyrrole nitrogens is 2. The average Bonchev–Trinajstić information content (AvgIpc) is 3.09. The van der Waals surface area contributed by atoms with E-state index in [0.29, 0.717) is 17.7 Å². The molecule has 3 heterocycles. The molecule has 7 heteroatoms. The van der Waals surface area contributed by atoms with Gasteiger partial charge in [-0.2, -0.15) is 0 Å². The van der Waals surface area contributed by atoms with Crippen molar-refractivity contribution in [1.82, 2.24) is 19.5 Å². The molecule has 0 radical (unpaired) electrons. The first kappa shape index (κ1) is 13.8. The third kappa shape index (κ3) is 2.69. The highest BCUT2D eigenvalue weighted by atomic mass is 32.1. The first-order valence-corrected chi connectivity index (χ1v) is 7.81. The van der Waals surface area contributed by atoms with Gasteiger partial charge >= 0.3 is 5.69 Å². The van der Waals surface area contributed by atoms with Gasteiger partial charge in [-0.3, -0.25) is 14.3 Å². The van der Waals surface area contributed by atoms with Crippen molar-refractivity contribution in [2.45, 2.75) is 32.7 Å². The first-order valence-electron chi connectivity index (χ1n) is 6.93. The number of thiophene rings is 1. The number of rotatable bonds is 5. The van der Waals surface area contributed by atoms with Gasteiger partial charge in [0.25, 0.3) is 5.56 Å². The molecule has 0 spiro atoms. The largest absolute Gasteiger partial charge is 0.336 e. The molecule has 21 heavy (non-hydrogen) atoms. The van der Waals surface area contributed by atoms with Crippen LogP contribution in [-0.4, -0.2) is 19.5 Å². The number of aromatic nitrogens is 4. The van der Waals surface area contributed by atoms with Gasteiger partial charge in [0.1, 0.15) is 11.3 Å². The van der Waals surface area contributed by atoms with Crippen LogP contribution in [-0.2, 0) is 19.4 Å². The van der Waals surface area contributed by atoms with Crippen LogP contribution in [0.25, 0.3) is 11.2 Å². The number of imidazole rings is 1. The maximum atomic E-state index is 11.8. The highest BCUT2D eigenvalue weighted by Gasteiger charge is 2.11. The third-order valence-electron chi connectivity index (χ3n) is 3.42. The van der Waals surface area contributed by atoms with Gasteiger partial charge < -0.3 is 4.98 Å². The lowest BCUT2D eigenvalue weighted by atomic mass is 10.2. The van der Waals surface area contributed by atoms with E-state index in [2.05, 4.69) is 26.4 Å². The maximum Gasteiger partial charge on any atom is 0.330 e. The Morgan fingerprint density at radius 1 is 1.29 bits per heavy atom. The quantitative estimate of drug-likeness (QED) is 0.752. The fraction of sp³-hybridized carbons (Fsp3) is 0.357. The van der Waals surface area contributed by atoms with Crippen LogP contribution in [0.5, 0.6) is 0 Å². The summed E-state index contributed by atoms with van der Waals surface area (Å²) in [5.41, 5.74) is 0.00305. The van der Waals surface area contributed by atoms with E-state index in [1.54, 1.807) is 11.3 Å². The molecule has 0 atom stereocenters. The predicted molar refractivity (Wildman–Crippen MR) is 83.0 cm³/mol. The van der Waals surface area contributed by atoms with Gasteiger partial charge in [0, 0.05) is 17.8 Å². The molecule has 0 aliphatic heterocycles. The molecule has 0 aliphatic rings. The lowest BCUT2D eigenvalue weighted by Crippen LogP contribution is -2.29. The van der Waals surface area contributed by atoms with Crippen LogP contribution < -0.4 is 11.2 Å². The summed E-state index contributed by atoms with van der Waals surface area (Å²) >= 11 is 1.74. The van der Waals surface area contributed by atoms with E-state index < -0.39 is 11.2 Å². The zero-order valence-corrected chi connectivity index (χ0v) is 12.5. The number of fused-ring (bicyclic) bond motifs is 1. The van der Waals surface area contributed by atoms with Crippen molar-refractivity contribution in [2.75, 3.05) is 0 Å². The molecule has 110 valence electrons. The minimum atomic E-state index is -0.411. The number of hydrogen-bond acceptors (Lipinski definition) is 4. The summed E-state index contributed by atoms with van der Waals surface area (Å²) in [6.45, 7) is 2.33. The van der Waals surface area contributed by atoms with Crippen LogP contribution >= 0.6 is 11.3 Å². The summed E-state index contributed by atoms with van der Waals surface area (Å²) in [6, 6.07) is 4.16. The molecule has 3 aromatic rings. The molecule has 0 aromatic carbocycles. The number of nitrogens with zero attached hydrogens (tertiary/aromatic N) is 2. The Bertz CT molecular complexity index is 857. The SMILES string of the molecule is CCn1c(=O)[nH]c(=O)c2[nH]c(CCCc3cccs3)nc21. The summed E-state index contributed by atoms with van der Waals surface area (Å²) in [5.74, 6) is 0.750. The molecule has 0 fully saturated rings. The van der Waals surface area contributed by atoms with Crippen LogP contribution in [0.15, 0.2) is 27.1 Å². The van der Waals surface area contributed by atoms with Gasteiger partial charge in [-0.15, -0.1) is 11.3 Å². The maximum absolute atomic E-state index is 11.8. The van der Waals surface area contributed by atoms with Crippen LogP contribution in [0.2, 0.25) is 0 Å². The van der Waals surface area contributed by atoms with Crippen molar-refractivity contribution < 1.29 is 0 Å². The van der Waals surface area contributed by atoms with Gasteiger partial charge in [0.15, 0.2) is 5.65 Å². The number of hydrogen-bond donors (Lipinski definition) is 2. The Balaban J connectivity index is 1.85. The minimum Gasteiger partial charge on any atom is -0.336 e. The van der Waals surface area contributed by atoms with E-state index in [4.69, 9.17) is 0 Å². The van der Waals surface area contributed by atoms with Crippen molar-refractivity contribution >= 4 is 22.5 Å². The summed E-state index contributed by atoms with van der Waals surface area (Å²) in [7, 11) is 0. The first-order chi connectivity index (χ1) is 10.2. The Morgan fingerprint density at radius 3 is 2.86 bits per heavy atom. The zero-order chi connectivity index (χ0) is 14.8. The summed E-state index contributed by atoms with van der Waals surface area (Å²) in [4.78, 5) is 34.6. The predicted octanol–water partition coefficient (Wildman–Crippen LogP) is 1.67. The van der Waals surface area contributed by atoms with E-state index in [0.717, 1.165) is 25.1 Å². The molecule has 0 unspecified atom stereocenters. The fourth-order valence-corrected chi connectivity index (χ4v) is 3.14. The molecule has 0 bridgehead atoms. The van der Waals surface area contributed by atoms with Gasteiger partial charge in [-0.25, -0.2) is 9.78 Å². The molecule has 0 amide bonds. The van der Waals surface area contributed by atoms with E-state index in [-0.39, 0.29) is 0 Å². The van der Waals surface area contributed by atoms with Crippen LogP contribution in [0.1, 0.15) is 24.0 Å². The zero-order valence-electron chi connectivity index (χ0n) is 11.7. The second-order valence-electron chi connectivity index (χ2n) is 4.82. The molecular weight excluding hydrogens is 288 g/mol. The van der Waals surface area contributed by atoms with Crippen molar-refractivity contribution in [1.29, 1.82) is 0 Å². The third-order valence-corrected chi connectivity index (χ3v) is 4.35. The van der Waals surface area contributed by atoms with Crippen molar-refractivity contribution in [3.05, 3.63) is 49.1 Å². The number of nitrogens with one attached hydrogen (secondary N) is 2. The standard InChI is InChI=1S/C14H16N4O2S/c1-2-18-12-11(13(19)17-14(18)20)15-10(16-12)7-3-5-9-6-4-8-21-9/h4,6,8H,2-3,5,7H2,1H3,(H,15,16)(H,17,19,20). The fourth-order valence-electron chi connectivity index (χ4n) is 2.39. The van der Waals surface area contributed by atoms with Crippen LogP contribution in [0, 0.1) is 0 Å². The Labute approximate surface area is 124 Å². The molecule has 0 aliphatic carbocycles. The van der Waals surface area contributed by atoms with Crippen molar-refractivity contribution in [3.8, 4) is 0 Å². The van der Waals surface area contributed by atoms with Crippen molar-refractivity contribution in [2.24, 2.45) is 0 Å². The van der Waals surface area contributed by atoms with E-state index >= 15 is 0 Å². The summed E-state index contributed by atoms with van der Waals surface area (Å²) in [6.07, 6.45) is 2.70. The lowest BCUT2D eigenvalue weighted by Gasteiger charge is -1.99. The summed E-state index contributed by atoms with van der Waals surface area (Å²) < 4.78 is 1.47. The molecule has 0 saturated carbocycles. The number of aryl methyl sites for hydroxylation is 3. The highest BCUT2D eigenvalue weighted by molar-refractivity contribution is 7.09. The van der Waals surface area contributed by atoms with Gasteiger partial charge in [-0.05, 0) is 31.2 Å². The normalized spacial score (nSPS) is 11.3. The van der Waals surface area contributed by atoms with E-state index in [1.165, 1.54) is 9.44 Å². The summed E-state index contributed by atoms with van der Waals surface area (Å²) in [5, 5.41) is 2.07. The van der Waals surface area contributed by atoms with E-state index in [1.807, 2.05) is 13.0 Å². The second kappa shape index (κ2) is 5.69. The Kier molecular flexibility index (Phi) is 3.74. The molecular formula is C14H16N4O2S. The second-order valence-corrected chi connectivity index (χ2v) is 5.85. The smallest absolute Gasteiger partial charge is 0.330 e. The number of aromatic amines is 2. The monoisotopic (exact) mass is 304 g/mol. The molecule has 2 N–H and O–H groups in total. The minimum absolute atomic E-state index is 0.377. The van der Waals surface area contributed by atoms with Gasteiger partial charge in [0.2, 0.25) is 0 Å². The molecule has 0 saturated heterocycles. The molecule has 6 nitrogen and oxygen atoms in total. The molecule has 3 aromatic heterocycles. The lowest BCUT2D eigenvalue weighted by molar-refractivity contribution is 0.717. The van der Waals surface area contributed by atoms with E-state index in [9.17, 15) is 9.59 Å². The van der Waals surface area contributed by atoms with Crippen LogP contribution in [0.3, 0.4) is 0 Å². The van der Waals surface area contributed by atoms with Crippen molar-refractivity contribution in [3.63, 3.8) is 0 Å². The topological polar surface area (TPSA) is 83.5 Å². The Morgan fingerprint density at radius 2 is 2.14 bits per heavy atom. The molecule has 3 rings (SSSR count). The highest BCUT2D eigenvalue weighted by Crippen LogP contribution is 2.13. The van der Waals surface area contributed by atoms with Crippen LogP contribution in [0.4, 0.5) is 0 Å². The average molecular weight is 304 g/mol.